The molecule has 3 N–H and O–H groups in total. The van der Waals surface area contributed by atoms with Gasteiger partial charge in [-0.15, -0.1) is 0 Å². The highest BCUT2D eigenvalue weighted by atomic mass is 31.2. The first kappa shape index (κ1) is 60.2. The Kier molecular flexibility index (Phi) is 45.8. The van der Waals surface area contributed by atoms with E-state index < -0.39 is 51.8 Å². The number of carbonyl (C=O) groups excluding carboxylic acids is 2. The lowest BCUT2D eigenvalue weighted by atomic mass is 10.0. The summed E-state index contributed by atoms with van der Waals surface area (Å²) in [5, 5.41) is 18.4. The zero-order valence-electron chi connectivity index (χ0n) is 39.8. The zero-order valence-corrected chi connectivity index (χ0v) is 40.7. The molecule has 0 bridgehead atoms. The van der Waals surface area contributed by atoms with Crippen LogP contribution in [0.15, 0.2) is 36.5 Å². The van der Waals surface area contributed by atoms with E-state index in [2.05, 4.69) is 50.3 Å². The van der Waals surface area contributed by atoms with Crippen molar-refractivity contribution in [2.75, 3.05) is 26.4 Å². The molecule has 0 aliphatic carbocycles. The smallest absolute Gasteiger partial charge is 0.462 e. The molecular weight excluding hydrogens is 804 g/mol. The summed E-state index contributed by atoms with van der Waals surface area (Å²) < 4.78 is 32.9. The Labute approximate surface area is 380 Å². The topological polar surface area (TPSA) is 149 Å². The minimum Gasteiger partial charge on any atom is -0.462 e. The van der Waals surface area contributed by atoms with Crippen LogP contribution < -0.4 is 0 Å². The van der Waals surface area contributed by atoms with Gasteiger partial charge in [0.15, 0.2) is 6.10 Å². The molecule has 0 heterocycles. The Morgan fingerprint density at radius 1 is 0.484 bits per heavy atom. The van der Waals surface area contributed by atoms with Gasteiger partial charge in [-0.3, -0.25) is 18.6 Å². The molecule has 11 heteroatoms. The number of ether oxygens (including phenoxy) is 2. The van der Waals surface area contributed by atoms with Crippen molar-refractivity contribution in [3.05, 3.63) is 36.5 Å². The molecule has 0 aromatic carbocycles. The van der Waals surface area contributed by atoms with Gasteiger partial charge in [0.25, 0.3) is 0 Å². The van der Waals surface area contributed by atoms with Gasteiger partial charge in [0.05, 0.1) is 19.8 Å². The maximum absolute atomic E-state index is 12.7. The van der Waals surface area contributed by atoms with Crippen molar-refractivity contribution >= 4 is 19.8 Å². The summed E-state index contributed by atoms with van der Waals surface area (Å²) in [6.07, 6.45) is 51.1. The molecule has 3 atom stereocenters. The first-order valence-corrected chi connectivity index (χ1v) is 26.9. The number of esters is 2. The molecule has 364 valence electrons. The number of hydrogen-bond donors (Lipinski definition) is 3. The van der Waals surface area contributed by atoms with Crippen LogP contribution in [-0.2, 0) is 32.7 Å². The molecule has 0 aromatic heterocycles. The van der Waals surface area contributed by atoms with Crippen LogP contribution in [0, 0.1) is 0 Å². The molecule has 0 spiro atoms. The molecule has 0 fully saturated rings. The van der Waals surface area contributed by atoms with Crippen molar-refractivity contribution in [1.82, 2.24) is 0 Å². The number of aliphatic hydroxyl groups is 2. The molecule has 0 rings (SSSR count). The van der Waals surface area contributed by atoms with E-state index in [-0.39, 0.29) is 19.4 Å². The van der Waals surface area contributed by atoms with Crippen molar-refractivity contribution < 1.29 is 47.8 Å². The Bertz CT molecular complexity index is 1130. The van der Waals surface area contributed by atoms with Crippen molar-refractivity contribution in [3.8, 4) is 0 Å². The van der Waals surface area contributed by atoms with Crippen LogP contribution in [0.2, 0.25) is 0 Å². The van der Waals surface area contributed by atoms with Gasteiger partial charge in [0, 0.05) is 12.8 Å². The highest BCUT2D eigenvalue weighted by Crippen LogP contribution is 2.43. The zero-order chi connectivity index (χ0) is 45.5. The summed E-state index contributed by atoms with van der Waals surface area (Å²) in [7, 11) is -4.62. The first-order chi connectivity index (χ1) is 30.2. The molecular formula is C51H95O10P. The third kappa shape index (κ3) is 46.2. The normalized spacial score (nSPS) is 14.0. The number of aliphatic hydroxyl groups excluding tert-OH is 2. The number of unbranched alkanes of at least 4 members (excludes halogenated alkanes) is 28. The molecule has 0 saturated heterocycles. The molecule has 0 aromatic rings. The fraction of sp³-hybridized carbons (Fsp3) is 0.843. The maximum Gasteiger partial charge on any atom is 0.472 e. The summed E-state index contributed by atoms with van der Waals surface area (Å²) >= 11 is 0. The number of phosphoric acid groups is 1. The van der Waals surface area contributed by atoms with E-state index in [1.165, 1.54) is 128 Å². The largest absolute Gasteiger partial charge is 0.472 e. The summed E-state index contributed by atoms with van der Waals surface area (Å²) in [4.78, 5) is 35.2. The van der Waals surface area contributed by atoms with Crippen LogP contribution in [-0.4, -0.2) is 65.7 Å². The van der Waals surface area contributed by atoms with E-state index in [1.54, 1.807) is 0 Å². The molecule has 0 aliphatic heterocycles. The van der Waals surface area contributed by atoms with Gasteiger partial charge in [-0.2, -0.15) is 0 Å². The van der Waals surface area contributed by atoms with Crippen molar-refractivity contribution in [1.29, 1.82) is 0 Å². The number of hydrogen-bond acceptors (Lipinski definition) is 9. The molecule has 0 aliphatic rings. The Hall–Kier alpha value is -1.81. The predicted octanol–water partition coefficient (Wildman–Crippen LogP) is 14.3. The Morgan fingerprint density at radius 2 is 0.839 bits per heavy atom. The van der Waals surface area contributed by atoms with Crippen molar-refractivity contribution in [2.45, 2.75) is 251 Å². The third-order valence-corrected chi connectivity index (χ3v) is 12.0. The standard InChI is InChI=1S/C51H95O10P/c1-3-5-7-9-11-13-15-17-19-21-23-25-26-28-30-32-34-36-38-40-42-50(54)58-46-49(47-60-62(56,57)59-45-48(53)44-52)61-51(55)43-41-39-37-35-33-31-29-27-24-22-20-18-16-14-12-10-8-6-4-2/h12,14,18,20,24,27,48-49,52-53H,3-11,13,15-17,19,21-23,25-26,28-47H2,1-2H3,(H,56,57)/b14-12-,20-18-,27-24-. The second kappa shape index (κ2) is 47.2. The highest BCUT2D eigenvalue weighted by molar-refractivity contribution is 7.47. The number of phosphoric ester groups is 1. The lowest BCUT2D eigenvalue weighted by Crippen LogP contribution is -2.29. The van der Waals surface area contributed by atoms with Crippen LogP contribution in [0.25, 0.3) is 0 Å². The lowest BCUT2D eigenvalue weighted by Gasteiger charge is -2.20. The predicted molar refractivity (Wildman–Crippen MR) is 256 cm³/mol. The summed E-state index contributed by atoms with van der Waals surface area (Å²) in [5.74, 6) is -0.929. The maximum atomic E-state index is 12.7. The summed E-state index contributed by atoms with van der Waals surface area (Å²) in [5.41, 5.74) is 0. The van der Waals surface area contributed by atoms with E-state index >= 15 is 0 Å². The van der Waals surface area contributed by atoms with Gasteiger partial charge in [-0.25, -0.2) is 4.57 Å². The fourth-order valence-corrected chi connectivity index (χ4v) is 7.91. The van der Waals surface area contributed by atoms with E-state index in [0.29, 0.717) is 12.8 Å². The molecule has 0 amide bonds. The summed E-state index contributed by atoms with van der Waals surface area (Å²) in [6.45, 7) is 2.38. The number of rotatable bonds is 48. The van der Waals surface area contributed by atoms with Gasteiger partial charge in [-0.05, 0) is 51.4 Å². The second-order valence-electron chi connectivity index (χ2n) is 17.2. The average molecular weight is 899 g/mol. The Balaban J connectivity index is 4.19. The van der Waals surface area contributed by atoms with Gasteiger partial charge < -0.3 is 24.6 Å². The molecule has 0 saturated carbocycles. The van der Waals surface area contributed by atoms with Crippen molar-refractivity contribution in [2.24, 2.45) is 0 Å². The molecule has 62 heavy (non-hydrogen) atoms. The molecule has 10 nitrogen and oxygen atoms in total. The van der Waals surface area contributed by atoms with Crippen LogP contribution >= 0.6 is 7.82 Å². The SMILES string of the molecule is CCCCC/C=C\C/C=C\C/C=C\CCCCCCCCC(=O)OC(COC(=O)CCCCCCCCCCCCCCCCCCCCCC)COP(=O)(O)OCC(O)CO. The first-order valence-electron chi connectivity index (χ1n) is 25.4. The average Bonchev–Trinajstić information content (AvgIpc) is 3.26. The lowest BCUT2D eigenvalue weighted by molar-refractivity contribution is -0.161. The fourth-order valence-electron chi connectivity index (χ4n) is 7.12. The van der Waals surface area contributed by atoms with Gasteiger partial charge >= 0.3 is 19.8 Å². The van der Waals surface area contributed by atoms with E-state index in [0.717, 1.165) is 70.6 Å². The monoisotopic (exact) mass is 899 g/mol. The van der Waals surface area contributed by atoms with E-state index in [1.807, 2.05) is 0 Å². The highest BCUT2D eigenvalue weighted by Gasteiger charge is 2.27. The molecule has 3 unspecified atom stereocenters. The van der Waals surface area contributed by atoms with Gasteiger partial charge in [-0.1, -0.05) is 211 Å². The second-order valence-corrected chi connectivity index (χ2v) is 18.7. The van der Waals surface area contributed by atoms with Crippen LogP contribution in [0.1, 0.15) is 239 Å². The van der Waals surface area contributed by atoms with Crippen LogP contribution in [0.3, 0.4) is 0 Å². The number of allylic oxidation sites excluding steroid dienone is 6. The van der Waals surface area contributed by atoms with E-state index in [4.69, 9.17) is 23.6 Å². The van der Waals surface area contributed by atoms with Crippen molar-refractivity contribution in [3.63, 3.8) is 0 Å². The third-order valence-electron chi connectivity index (χ3n) is 11.0. The minimum atomic E-state index is -4.62. The number of carbonyl (C=O) groups is 2. The van der Waals surface area contributed by atoms with E-state index in [9.17, 15) is 24.2 Å². The summed E-state index contributed by atoms with van der Waals surface area (Å²) in [6, 6.07) is 0. The van der Waals surface area contributed by atoms with Crippen LogP contribution in [0.4, 0.5) is 0 Å². The van der Waals surface area contributed by atoms with Gasteiger partial charge in [0.1, 0.15) is 12.7 Å². The quantitative estimate of drug-likeness (QED) is 0.0233. The Morgan fingerprint density at radius 3 is 1.29 bits per heavy atom. The van der Waals surface area contributed by atoms with Crippen LogP contribution in [0.5, 0.6) is 0 Å². The molecule has 0 radical (unpaired) electrons. The minimum absolute atomic E-state index is 0.171. The van der Waals surface area contributed by atoms with Gasteiger partial charge in [0.2, 0.25) is 0 Å².